The van der Waals surface area contributed by atoms with Gasteiger partial charge in [-0.2, -0.15) is 0 Å². The molecule has 0 N–H and O–H groups in total. The van der Waals surface area contributed by atoms with Crippen LogP contribution in [0.25, 0.3) is 0 Å². The highest BCUT2D eigenvalue weighted by molar-refractivity contribution is 4.63. The zero-order chi connectivity index (χ0) is 9.61. The summed E-state index contributed by atoms with van der Waals surface area (Å²) in [5, 5.41) is 11.1. The van der Waals surface area contributed by atoms with E-state index in [0.717, 1.165) is 13.0 Å². The third kappa shape index (κ3) is 9.92. The normalized spacial score (nSPS) is 12.5. The maximum atomic E-state index is 11.1. The largest absolute Gasteiger partial charge is 0.381 e. The summed E-state index contributed by atoms with van der Waals surface area (Å²) in [7, 11) is 0. The second-order valence-corrected chi connectivity index (χ2v) is 4.30. The summed E-state index contributed by atoms with van der Waals surface area (Å²) in [6.07, 6.45) is 1.68. The van der Waals surface area contributed by atoms with E-state index < -0.39 is 5.60 Å². The molecule has 0 fully saturated rings. The van der Waals surface area contributed by atoms with Crippen LogP contribution in [-0.2, 0) is 9.84 Å². The Morgan fingerprint density at radius 3 is 2.25 bits per heavy atom. The van der Waals surface area contributed by atoms with Crippen LogP contribution in [0.3, 0.4) is 0 Å². The molecule has 0 aromatic heterocycles. The van der Waals surface area contributed by atoms with E-state index in [2.05, 4.69) is 13.8 Å². The maximum Gasteiger partial charge on any atom is 0.100 e. The van der Waals surface area contributed by atoms with Gasteiger partial charge in [0.15, 0.2) is 0 Å². The smallest absolute Gasteiger partial charge is 0.100 e. The first kappa shape index (κ1) is 11.9. The highest BCUT2D eigenvalue weighted by Gasteiger charge is 2.13. The molecule has 0 spiro atoms. The molecule has 12 heavy (non-hydrogen) atoms. The van der Waals surface area contributed by atoms with E-state index in [-0.39, 0.29) is 0 Å². The van der Waals surface area contributed by atoms with Gasteiger partial charge >= 0.3 is 0 Å². The Balaban J connectivity index is 3.12. The van der Waals surface area contributed by atoms with Crippen molar-refractivity contribution >= 4 is 0 Å². The summed E-state index contributed by atoms with van der Waals surface area (Å²) >= 11 is 0. The average molecular weight is 173 g/mol. The Bertz CT molecular complexity index is 103. The van der Waals surface area contributed by atoms with Gasteiger partial charge in [-0.1, -0.05) is 13.8 Å². The molecule has 0 heterocycles. The van der Waals surface area contributed by atoms with Crippen LogP contribution in [0.4, 0.5) is 0 Å². The molecule has 0 saturated carbocycles. The molecule has 0 aliphatic carbocycles. The van der Waals surface area contributed by atoms with Crippen LogP contribution in [0, 0.1) is 5.92 Å². The average Bonchev–Trinajstić information content (AvgIpc) is 1.83. The fraction of sp³-hybridized carbons (Fsp3) is 1.00. The molecule has 0 saturated heterocycles. The molecule has 0 amide bonds. The van der Waals surface area contributed by atoms with Gasteiger partial charge in [0.2, 0.25) is 0 Å². The van der Waals surface area contributed by atoms with Crippen LogP contribution in [0.1, 0.15) is 40.5 Å². The van der Waals surface area contributed by atoms with Gasteiger partial charge in [0.25, 0.3) is 0 Å². The first-order valence-electron chi connectivity index (χ1n) is 4.70. The Labute approximate surface area is 75.9 Å². The van der Waals surface area contributed by atoms with E-state index in [1.165, 1.54) is 0 Å². The molecule has 0 bridgehead atoms. The Kier molecular flexibility index (Phi) is 5.51. The van der Waals surface area contributed by atoms with E-state index in [0.29, 0.717) is 18.9 Å². The minimum atomic E-state index is -0.835. The van der Waals surface area contributed by atoms with E-state index in [1.54, 1.807) is 13.8 Å². The SMILES string of the molecule is CC(C)CCOCCC(C)(C)[O]. The van der Waals surface area contributed by atoms with Gasteiger partial charge in [-0.3, -0.25) is 0 Å². The lowest BCUT2D eigenvalue weighted by Gasteiger charge is -2.14. The molecule has 0 rings (SSSR count). The van der Waals surface area contributed by atoms with Crippen molar-refractivity contribution < 1.29 is 9.84 Å². The third-order valence-corrected chi connectivity index (χ3v) is 1.69. The fourth-order valence-corrected chi connectivity index (χ4v) is 0.739. The van der Waals surface area contributed by atoms with Crippen molar-refractivity contribution in [3.63, 3.8) is 0 Å². The standard InChI is InChI=1S/C10H21O2/c1-9(2)5-7-12-8-6-10(3,4)11/h9H,5-8H2,1-4H3. The molecule has 0 atom stereocenters. The highest BCUT2D eigenvalue weighted by Crippen LogP contribution is 2.08. The molecular formula is C10H21O2. The molecular weight excluding hydrogens is 152 g/mol. The van der Waals surface area contributed by atoms with Gasteiger partial charge < -0.3 is 4.74 Å². The van der Waals surface area contributed by atoms with E-state index in [1.807, 2.05) is 0 Å². The summed E-state index contributed by atoms with van der Waals surface area (Å²) in [6, 6.07) is 0. The van der Waals surface area contributed by atoms with Crippen molar-refractivity contribution in [2.24, 2.45) is 5.92 Å². The van der Waals surface area contributed by atoms with Crippen LogP contribution in [0.2, 0.25) is 0 Å². The molecule has 0 aliphatic heterocycles. The van der Waals surface area contributed by atoms with Gasteiger partial charge in [-0.15, -0.1) is 0 Å². The molecule has 0 aliphatic rings. The number of hydrogen-bond acceptors (Lipinski definition) is 1. The van der Waals surface area contributed by atoms with Crippen LogP contribution in [-0.4, -0.2) is 18.8 Å². The van der Waals surface area contributed by atoms with Crippen molar-refractivity contribution in [3.8, 4) is 0 Å². The van der Waals surface area contributed by atoms with Gasteiger partial charge in [0.05, 0.1) is 0 Å². The molecule has 0 unspecified atom stereocenters. The van der Waals surface area contributed by atoms with Gasteiger partial charge in [0, 0.05) is 19.6 Å². The Hall–Kier alpha value is -0.0800. The number of hydrogen-bond donors (Lipinski definition) is 0. The maximum absolute atomic E-state index is 11.1. The lowest BCUT2D eigenvalue weighted by molar-refractivity contribution is -0.0266. The van der Waals surface area contributed by atoms with Gasteiger partial charge in [-0.25, -0.2) is 5.11 Å². The van der Waals surface area contributed by atoms with E-state index in [9.17, 15) is 5.11 Å². The summed E-state index contributed by atoms with van der Waals surface area (Å²) in [5.74, 6) is 0.685. The molecule has 1 radical (unpaired) electrons. The van der Waals surface area contributed by atoms with Crippen LogP contribution in [0.5, 0.6) is 0 Å². The number of rotatable bonds is 6. The minimum absolute atomic E-state index is 0.600. The van der Waals surface area contributed by atoms with E-state index >= 15 is 0 Å². The van der Waals surface area contributed by atoms with Crippen molar-refractivity contribution in [2.75, 3.05) is 13.2 Å². The minimum Gasteiger partial charge on any atom is -0.381 e. The van der Waals surface area contributed by atoms with Gasteiger partial charge in [0.1, 0.15) is 5.60 Å². The highest BCUT2D eigenvalue weighted by atomic mass is 16.5. The Morgan fingerprint density at radius 1 is 1.25 bits per heavy atom. The lowest BCUT2D eigenvalue weighted by atomic mass is 10.1. The Morgan fingerprint density at radius 2 is 1.83 bits per heavy atom. The molecule has 2 nitrogen and oxygen atoms in total. The van der Waals surface area contributed by atoms with Crippen LogP contribution in [0.15, 0.2) is 0 Å². The summed E-state index contributed by atoms with van der Waals surface area (Å²) in [4.78, 5) is 0. The monoisotopic (exact) mass is 173 g/mol. The quantitative estimate of drug-likeness (QED) is 0.568. The summed E-state index contributed by atoms with van der Waals surface area (Å²) in [6.45, 7) is 9.11. The van der Waals surface area contributed by atoms with Crippen molar-refractivity contribution in [2.45, 2.75) is 46.1 Å². The first-order valence-corrected chi connectivity index (χ1v) is 4.70. The number of ether oxygens (including phenoxy) is 1. The first-order chi connectivity index (χ1) is 5.42. The second kappa shape index (κ2) is 5.55. The van der Waals surface area contributed by atoms with Crippen LogP contribution >= 0.6 is 0 Å². The summed E-state index contributed by atoms with van der Waals surface area (Å²) in [5.41, 5.74) is -0.835. The topological polar surface area (TPSA) is 29.1 Å². The zero-order valence-corrected chi connectivity index (χ0v) is 8.72. The van der Waals surface area contributed by atoms with Crippen molar-refractivity contribution in [1.29, 1.82) is 0 Å². The van der Waals surface area contributed by atoms with Crippen molar-refractivity contribution in [3.05, 3.63) is 0 Å². The zero-order valence-electron chi connectivity index (χ0n) is 8.72. The second-order valence-electron chi connectivity index (χ2n) is 4.30. The lowest BCUT2D eigenvalue weighted by Crippen LogP contribution is -2.19. The van der Waals surface area contributed by atoms with Gasteiger partial charge in [-0.05, 0) is 26.2 Å². The van der Waals surface area contributed by atoms with Crippen molar-refractivity contribution in [1.82, 2.24) is 0 Å². The molecule has 0 aromatic rings. The van der Waals surface area contributed by atoms with Crippen LogP contribution < -0.4 is 0 Å². The molecule has 0 aromatic carbocycles. The summed E-state index contributed by atoms with van der Waals surface area (Å²) < 4.78 is 5.32. The third-order valence-electron chi connectivity index (χ3n) is 1.69. The molecule has 2 heteroatoms. The molecule has 73 valence electrons. The predicted molar refractivity (Wildman–Crippen MR) is 49.7 cm³/mol. The predicted octanol–water partition coefficient (Wildman–Crippen LogP) is 2.65. The fourth-order valence-electron chi connectivity index (χ4n) is 0.739. The van der Waals surface area contributed by atoms with E-state index in [4.69, 9.17) is 4.74 Å².